The van der Waals surface area contributed by atoms with Crippen molar-refractivity contribution in [2.75, 3.05) is 18.4 Å². The molecule has 1 amide bonds. The summed E-state index contributed by atoms with van der Waals surface area (Å²) in [4.78, 5) is 21.5. The number of nitrogens with zero attached hydrogens (tertiary/aromatic N) is 5. The summed E-state index contributed by atoms with van der Waals surface area (Å²) in [5.41, 5.74) is 3.22. The Morgan fingerprint density at radius 3 is 2.85 bits per heavy atom. The van der Waals surface area contributed by atoms with Crippen molar-refractivity contribution < 1.29 is 13.6 Å². The summed E-state index contributed by atoms with van der Waals surface area (Å²) < 4.78 is 19.1. The first-order valence-corrected chi connectivity index (χ1v) is 11.1. The number of rotatable bonds is 5. The van der Waals surface area contributed by atoms with Crippen molar-refractivity contribution in [1.29, 1.82) is 0 Å². The van der Waals surface area contributed by atoms with Crippen LogP contribution >= 0.6 is 0 Å². The molecule has 1 N–H and O–H groups in total. The minimum Gasteiger partial charge on any atom is -0.423 e. The number of nitrogens with one attached hydrogen (secondary N) is 1. The van der Waals surface area contributed by atoms with E-state index in [1.165, 1.54) is 16.9 Å². The normalized spacial score (nSPS) is 18.6. The molecule has 1 saturated heterocycles. The summed E-state index contributed by atoms with van der Waals surface area (Å²) in [6.45, 7) is 5.26. The fraction of sp³-hybridized carbons (Fsp3) is 0.333. The van der Waals surface area contributed by atoms with Crippen LogP contribution < -0.4 is 5.32 Å². The molecule has 2 aromatic carbocycles. The molecule has 8 nitrogen and oxygen atoms in total. The summed E-state index contributed by atoms with van der Waals surface area (Å²) in [6, 6.07) is 10.2. The molecule has 4 aromatic rings. The number of aryl methyl sites for hydroxylation is 1. The molecule has 2 unspecified atom stereocenters. The first-order valence-electron chi connectivity index (χ1n) is 11.1. The molecule has 9 heteroatoms. The average Bonchev–Trinajstić information content (AvgIpc) is 3.47. The molecule has 2 atom stereocenters. The molecule has 170 valence electrons. The Hall–Kier alpha value is -3.75. The van der Waals surface area contributed by atoms with Crippen LogP contribution in [0.15, 0.2) is 53.2 Å². The Morgan fingerprint density at radius 2 is 2.03 bits per heavy atom. The molecule has 2 aromatic heterocycles. The second-order valence-corrected chi connectivity index (χ2v) is 8.54. The Balaban J connectivity index is 1.40. The molecule has 0 aliphatic carbocycles. The minimum absolute atomic E-state index is 0.0553. The molecule has 33 heavy (non-hydrogen) atoms. The lowest BCUT2D eigenvalue weighted by molar-refractivity contribution is 0.0539. The van der Waals surface area contributed by atoms with E-state index < -0.39 is 0 Å². The van der Waals surface area contributed by atoms with Gasteiger partial charge in [0.2, 0.25) is 0 Å². The van der Waals surface area contributed by atoms with Crippen molar-refractivity contribution in [1.82, 2.24) is 24.9 Å². The summed E-state index contributed by atoms with van der Waals surface area (Å²) >= 11 is 0. The molecule has 1 fully saturated rings. The van der Waals surface area contributed by atoms with E-state index in [2.05, 4.69) is 27.4 Å². The zero-order valence-electron chi connectivity index (χ0n) is 18.5. The van der Waals surface area contributed by atoms with E-state index in [1.54, 1.807) is 18.5 Å². The zero-order chi connectivity index (χ0) is 22.9. The number of aromatic nitrogens is 4. The first-order chi connectivity index (χ1) is 16.0. The number of oxazole rings is 1. The van der Waals surface area contributed by atoms with Crippen molar-refractivity contribution in [2.45, 2.75) is 32.7 Å². The third-order valence-electron chi connectivity index (χ3n) is 6.21. The number of likely N-dealkylation sites (tertiary alicyclic amines) is 1. The number of fused-ring (bicyclic) bond motifs is 1. The van der Waals surface area contributed by atoms with Gasteiger partial charge >= 0.3 is 0 Å². The van der Waals surface area contributed by atoms with Crippen LogP contribution in [0.3, 0.4) is 0 Å². The Morgan fingerprint density at radius 1 is 1.21 bits per heavy atom. The summed E-state index contributed by atoms with van der Waals surface area (Å²) in [7, 11) is 0. The number of carbonyl (C=O) groups is 1. The highest BCUT2D eigenvalue weighted by Gasteiger charge is 2.33. The SMILES string of the molecule is Cc1ccc(C(=O)N2CCCC(C)C2CNc2nc3ccc(F)cc3o2)c(-n2nccn2)c1. The number of halogens is 1. The van der Waals surface area contributed by atoms with Crippen LogP contribution in [0.4, 0.5) is 10.4 Å². The lowest BCUT2D eigenvalue weighted by Crippen LogP contribution is -2.51. The molecule has 1 aliphatic rings. The highest BCUT2D eigenvalue weighted by Crippen LogP contribution is 2.28. The van der Waals surface area contributed by atoms with Gasteiger partial charge in [0.25, 0.3) is 11.9 Å². The van der Waals surface area contributed by atoms with Gasteiger partial charge in [-0.15, -0.1) is 0 Å². The van der Waals surface area contributed by atoms with Crippen molar-refractivity contribution in [3.05, 3.63) is 65.7 Å². The fourth-order valence-corrected chi connectivity index (χ4v) is 4.46. The summed E-state index contributed by atoms with van der Waals surface area (Å²) in [5.74, 6) is -0.141. The lowest BCUT2D eigenvalue weighted by atomic mass is 9.90. The topological polar surface area (TPSA) is 89.1 Å². The van der Waals surface area contributed by atoms with Crippen molar-refractivity contribution in [3.8, 4) is 5.69 Å². The highest BCUT2D eigenvalue weighted by molar-refractivity contribution is 5.98. The lowest BCUT2D eigenvalue weighted by Gasteiger charge is -2.40. The number of piperidine rings is 1. The van der Waals surface area contributed by atoms with Crippen LogP contribution in [0.25, 0.3) is 16.8 Å². The molecular weight excluding hydrogens is 423 g/mol. The number of hydrogen-bond donors (Lipinski definition) is 1. The Kier molecular flexibility index (Phi) is 5.53. The molecule has 0 bridgehead atoms. The van der Waals surface area contributed by atoms with Gasteiger partial charge in [-0.05, 0) is 55.5 Å². The predicted molar refractivity (Wildman–Crippen MR) is 122 cm³/mol. The smallest absolute Gasteiger partial charge is 0.295 e. The molecule has 5 rings (SSSR count). The van der Waals surface area contributed by atoms with Crippen LogP contribution in [-0.4, -0.2) is 49.9 Å². The predicted octanol–water partition coefficient (Wildman–Crippen LogP) is 4.21. The van der Waals surface area contributed by atoms with Gasteiger partial charge < -0.3 is 14.6 Å². The summed E-state index contributed by atoms with van der Waals surface area (Å²) in [5, 5.41) is 11.7. The van der Waals surface area contributed by atoms with E-state index in [0.717, 1.165) is 18.4 Å². The van der Waals surface area contributed by atoms with Crippen LogP contribution in [-0.2, 0) is 0 Å². The summed E-state index contributed by atoms with van der Waals surface area (Å²) in [6.07, 6.45) is 5.15. The largest absolute Gasteiger partial charge is 0.423 e. The second-order valence-electron chi connectivity index (χ2n) is 8.54. The zero-order valence-corrected chi connectivity index (χ0v) is 18.5. The van der Waals surface area contributed by atoms with E-state index in [4.69, 9.17) is 4.42 Å². The van der Waals surface area contributed by atoms with Crippen LogP contribution in [0.1, 0.15) is 35.7 Å². The van der Waals surface area contributed by atoms with E-state index in [0.29, 0.717) is 41.5 Å². The van der Waals surface area contributed by atoms with Gasteiger partial charge in [-0.3, -0.25) is 4.79 Å². The van der Waals surface area contributed by atoms with Crippen molar-refractivity contribution in [3.63, 3.8) is 0 Å². The van der Waals surface area contributed by atoms with E-state index in [9.17, 15) is 9.18 Å². The molecule has 1 aliphatic heterocycles. The molecule has 0 spiro atoms. The van der Waals surface area contributed by atoms with E-state index in [1.807, 2.05) is 30.0 Å². The number of benzene rings is 2. The van der Waals surface area contributed by atoms with Gasteiger partial charge in [0, 0.05) is 19.2 Å². The van der Waals surface area contributed by atoms with Crippen molar-refractivity contribution >= 4 is 23.0 Å². The van der Waals surface area contributed by atoms with Gasteiger partial charge in [-0.25, -0.2) is 4.39 Å². The quantitative estimate of drug-likeness (QED) is 0.492. The number of hydrogen-bond acceptors (Lipinski definition) is 6. The van der Waals surface area contributed by atoms with Gasteiger partial charge in [0.05, 0.1) is 29.7 Å². The first kappa shape index (κ1) is 21.1. The minimum atomic E-state index is -0.372. The van der Waals surface area contributed by atoms with Gasteiger partial charge in [-0.1, -0.05) is 13.0 Å². The second kappa shape index (κ2) is 8.65. The number of carbonyl (C=O) groups excluding carboxylic acids is 1. The molecule has 3 heterocycles. The monoisotopic (exact) mass is 448 g/mol. The average molecular weight is 449 g/mol. The van der Waals surface area contributed by atoms with Crippen LogP contribution in [0.5, 0.6) is 0 Å². The third-order valence-corrected chi connectivity index (χ3v) is 6.21. The standard InChI is InChI=1S/C24H25FN6O2/c1-15-5-7-18(20(12-15)31-27-9-10-28-31)23(32)30-11-3-4-16(2)21(30)14-26-24-29-19-8-6-17(25)13-22(19)33-24/h5-10,12-13,16,21H,3-4,11,14H2,1-2H3,(H,26,29). The molecule has 0 saturated carbocycles. The maximum atomic E-state index is 13.7. The third kappa shape index (κ3) is 4.18. The number of amides is 1. The van der Waals surface area contributed by atoms with Crippen LogP contribution in [0, 0.1) is 18.7 Å². The number of anilines is 1. The highest BCUT2D eigenvalue weighted by atomic mass is 19.1. The molecular formula is C24H25FN6O2. The maximum Gasteiger partial charge on any atom is 0.295 e. The van der Waals surface area contributed by atoms with Gasteiger partial charge in [0.1, 0.15) is 11.3 Å². The Bertz CT molecular complexity index is 1290. The van der Waals surface area contributed by atoms with Crippen LogP contribution in [0.2, 0.25) is 0 Å². The fourth-order valence-electron chi connectivity index (χ4n) is 4.46. The Labute approximate surface area is 190 Å². The maximum absolute atomic E-state index is 13.7. The van der Waals surface area contributed by atoms with Gasteiger partial charge in [0.15, 0.2) is 5.58 Å². The van der Waals surface area contributed by atoms with Gasteiger partial charge in [-0.2, -0.15) is 20.0 Å². The van der Waals surface area contributed by atoms with Crippen molar-refractivity contribution in [2.24, 2.45) is 5.92 Å². The molecule has 0 radical (unpaired) electrons. The van der Waals surface area contributed by atoms with E-state index >= 15 is 0 Å². The van der Waals surface area contributed by atoms with E-state index in [-0.39, 0.29) is 23.7 Å².